The van der Waals surface area contributed by atoms with Crippen LogP contribution < -0.4 is 0 Å². The van der Waals surface area contributed by atoms with Crippen molar-refractivity contribution >= 4 is 39.1 Å². The molecule has 1 aliphatic heterocycles. The predicted molar refractivity (Wildman–Crippen MR) is 77.5 cm³/mol. The average molecular weight is 346 g/mol. The predicted octanol–water partition coefficient (Wildman–Crippen LogP) is 2.52. The summed E-state index contributed by atoms with van der Waals surface area (Å²) in [6.45, 7) is 0.592. The highest BCUT2D eigenvalue weighted by Crippen LogP contribution is 2.34. The number of alkyl halides is 1. The van der Waals surface area contributed by atoms with Crippen LogP contribution in [0.4, 0.5) is 0 Å². The molecule has 104 valence electrons. The van der Waals surface area contributed by atoms with Crippen molar-refractivity contribution in [1.82, 2.24) is 4.90 Å². The molecule has 2 rings (SSSR count). The zero-order valence-electron chi connectivity index (χ0n) is 10.7. The summed E-state index contributed by atoms with van der Waals surface area (Å²) in [4.78, 5) is 27.1. The second kappa shape index (κ2) is 6.52. The number of ether oxygens (including phenoxy) is 1. The Bertz CT molecular complexity index is 474. The molecular weight excluding hydrogens is 330 g/mol. The standard InChI is InChI=1S/C13H16BrNO3S/c1-18-13(17)12-9-5-8-19-10(9)4-7-15(12)11(16)3-2-6-14/h5,8,12H,2-4,6-7H2,1H3. The van der Waals surface area contributed by atoms with Crippen LogP contribution in [0.15, 0.2) is 11.4 Å². The van der Waals surface area contributed by atoms with Gasteiger partial charge in [0.2, 0.25) is 5.91 Å². The summed E-state index contributed by atoms with van der Waals surface area (Å²) in [6.07, 6.45) is 2.05. The number of halogens is 1. The highest BCUT2D eigenvalue weighted by Gasteiger charge is 2.36. The summed E-state index contributed by atoms with van der Waals surface area (Å²) in [6, 6.07) is 1.36. The van der Waals surface area contributed by atoms with Gasteiger partial charge in [0.15, 0.2) is 6.04 Å². The SMILES string of the molecule is COC(=O)C1c2ccsc2CCN1C(=O)CCCBr. The number of carbonyl (C=O) groups excluding carboxylic acids is 2. The van der Waals surface area contributed by atoms with Crippen LogP contribution in [0.25, 0.3) is 0 Å². The van der Waals surface area contributed by atoms with Crippen LogP contribution in [0.1, 0.15) is 29.3 Å². The van der Waals surface area contributed by atoms with Gasteiger partial charge in [0.1, 0.15) is 0 Å². The number of hydrogen-bond acceptors (Lipinski definition) is 4. The highest BCUT2D eigenvalue weighted by molar-refractivity contribution is 9.09. The maximum Gasteiger partial charge on any atom is 0.333 e. The topological polar surface area (TPSA) is 46.6 Å². The lowest BCUT2D eigenvalue weighted by Gasteiger charge is -2.34. The van der Waals surface area contributed by atoms with Gasteiger partial charge in [-0.05, 0) is 29.9 Å². The first-order valence-corrected chi connectivity index (χ1v) is 8.18. The number of hydrogen-bond donors (Lipinski definition) is 0. The van der Waals surface area contributed by atoms with Gasteiger partial charge in [-0.3, -0.25) is 4.79 Å². The van der Waals surface area contributed by atoms with E-state index >= 15 is 0 Å². The van der Waals surface area contributed by atoms with Crippen molar-refractivity contribution in [1.29, 1.82) is 0 Å². The van der Waals surface area contributed by atoms with Gasteiger partial charge < -0.3 is 9.64 Å². The molecule has 1 aromatic heterocycles. The summed E-state index contributed by atoms with van der Waals surface area (Å²) in [5, 5.41) is 2.76. The molecule has 0 saturated carbocycles. The van der Waals surface area contributed by atoms with E-state index in [1.165, 1.54) is 12.0 Å². The van der Waals surface area contributed by atoms with Gasteiger partial charge in [-0.25, -0.2) is 4.79 Å². The number of amides is 1. The minimum atomic E-state index is -0.567. The van der Waals surface area contributed by atoms with Crippen molar-refractivity contribution in [3.8, 4) is 0 Å². The largest absolute Gasteiger partial charge is 0.467 e. The van der Waals surface area contributed by atoms with Crippen LogP contribution in [0.3, 0.4) is 0 Å². The van der Waals surface area contributed by atoms with Crippen molar-refractivity contribution in [2.45, 2.75) is 25.3 Å². The number of fused-ring (bicyclic) bond motifs is 1. The maximum atomic E-state index is 12.2. The third-order valence-electron chi connectivity index (χ3n) is 3.23. The Morgan fingerprint density at radius 1 is 1.58 bits per heavy atom. The van der Waals surface area contributed by atoms with Gasteiger partial charge >= 0.3 is 5.97 Å². The van der Waals surface area contributed by atoms with Crippen molar-refractivity contribution in [3.63, 3.8) is 0 Å². The van der Waals surface area contributed by atoms with E-state index in [9.17, 15) is 9.59 Å². The van der Waals surface area contributed by atoms with Crippen LogP contribution in [-0.2, 0) is 20.7 Å². The van der Waals surface area contributed by atoms with E-state index in [0.717, 1.165) is 23.7 Å². The fourth-order valence-corrected chi connectivity index (χ4v) is 3.50. The number of carbonyl (C=O) groups is 2. The van der Waals surface area contributed by atoms with E-state index in [4.69, 9.17) is 4.74 Å². The Morgan fingerprint density at radius 3 is 3.05 bits per heavy atom. The number of methoxy groups -OCH3 is 1. The molecule has 0 saturated heterocycles. The summed E-state index contributed by atoms with van der Waals surface area (Å²) in [5.41, 5.74) is 0.926. The minimum Gasteiger partial charge on any atom is -0.467 e. The fourth-order valence-electron chi connectivity index (χ4n) is 2.31. The third-order valence-corrected chi connectivity index (χ3v) is 4.79. The maximum absolute atomic E-state index is 12.2. The zero-order valence-corrected chi connectivity index (χ0v) is 13.1. The molecule has 0 N–H and O–H groups in total. The van der Waals surface area contributed by atoms with E-state index in [1.807, 2.05) is 11.4 Å². The molecule has 19 heavy (non-hydrogen) atoms. The molecule has 1 unspecified atom stereocenters. The van der Waals surface area contributed by atoms with Gasteiger partial charge in [0, 0.05) is 23.2 Å². The Kier molecular flexibility index (Phi) is 4.99. The van der Waals surface area contributed by atoms with Gasteiger partial charge in [-0.2, -0.15) is 0 Å². The molecule has 1 aromatic rings. The van der Waals surface area contributed by atoms with Crippen LogP contribution in [-0.4, -0.2) is 35.8 Å². The molecular formula is C13H16BrNO3S. The summed E-state index contributed by atoms with van der Waals surface area (Å²) in [7, 11) is 1.37. The lowest BCUT2D eigenvalue weighted by Crippen LogP contribution is -2.43. The van der Waals surface area contributed by atoms with E-state index in [1.54, 1.807) is 16.2 Å². The smallest absolute Gasteiger partial charge is 0.333 e. The summed E-state index contributed by atoms with van der Waals surface area (Å²) >= 11 is 4.95. The normalized spacial score (nSPS) is 18.0. The molecule has 1 aliphatic rings. The number of esters is 1. The van der Waals surface area contributed by atoms with Gasteiger partial charge in [0.25, 0.3) is 0 Å². The Hall–Kier alpha value is -0.880. The van der Waals surface area contributed by atoms with E-state index in [2.05, 4.69) is 15.9 Å². The van der Waals surface area contributed by atoms with Crippen molar-refractivity contribution in [2.75, 3.05) is 19.0 Å². The molecule has 1 atom stereocenters. The Morgan fingerprint density at radius 2 is 2.37 bits per heavy atom. The molecule has 1 amide bonds. The molecule has 2 heterocycles. The monoisotopic (exact) mass is 345 g/mol. The van der Waals surface area contributed by atoms with Gasteiger partial charge in [0.05, 0.1) is 7.11 Å². The highest BCUT2D eigenvalue weighted by atomic mass is 79.9. The quantitative estimate of drug-likeness (QED) is 0.622. The first-order valence-electron chi connectivity index (χ1n) is 6.18. The van der Waals surface area contributed by atoms with Gasteiger partial charge in [-0.1, -0.05) is 15.9 Å². The third kappa shape index (κ3) is 3.00. The van der Waals surface area contributed by atoms with Crippen molar-refractivity contribution in [2.24, 2.45) is 0 Å². The molecule has 0 aromatic carbocycles. The Balaban J connectivity index is 2.24. The summed E-state index contributed by atoms with van der Waals surface area (Å²) < 4.78 is 4.86. The van der Waals surface area contributed by atoms with Crippen LogP contribution in [0, 0.1) is 0 Å². The molecule has 0 fully saturated rings. The first kappa shape index (κ1) is 14.5. The van der Waals surface area contributed by atoms with Gasteiger partial charge in [-0.15, -0.1) is 11.3 Å². The van der Waals surface area contributed by atoms with Crippen molar-refractivity contribution < 1.29 is 14.3 Å². The molecule has 0 aliphatic carbocycles. The number of nitrogens with zero attached hydrogens (tertiary/aromatic N) is 1. The van der Waals surface area contributed by atoms with Crippen molar-refractivity contribution in [3.05, 3.63) is 21.9 Å². The lowest BCUT2D eigenvalue weighted by molar-refractivity contribution is -0.153. The second-order valence-corrected chi connectivity index (χ2v) is 6.15. The second-order valence-electron chi connectivity index (χ2n) is 4.35. The van der Waals surface area contributed by atoms with E-state index in [0.29, 0.717) is 13.0 Å². The molecule has 0 radical (unpaired) electrons. The van der Waals surface area contributed by atoms with Crippen LogP contribution in [0.5, 0.6) is 0 Å². The minimum absolute atomic E-state index is 0.0201. The Labute approximate surface area is 124 Å². The summed E-state index contributed by atoms with van der Waals surface area (Å²) in [5.74, 6) is -0.335. The van der Waals surface area contributed by atoms with Crippen LogP contribution in [0.2, 0.25) is 0 Å². The number of thiophene rings is 1. The fraction of sp³-hybridized carbons (Fsp3) is 0.538. The zero-order chi connectivity index (χ0) is 13.8. The molecule has 0 spiro atoms. The van der Waals surface area contributed by atoms with E-state index in [-0.39, 0.29) is 11.9 Å². The van der Waals surface area contributed by atoms with Crippen LogP contribution >= 0.6 is 27.3 Å². The lowest BCUT2D eigenvalue weighted by atomic mass is 9.99. The molecule has 0 bridgehead atoms. The number of rotatable bonds is 4. The first-order chi connectivity index (χ1) is 9.19. The molecule has 6 heteroatoms. The average Bonchev–Trinajstić information content (AvgIpc) is 2.91. The van der Waals surface area contributed by atoms with E-state index < -0.39 is 6.04 Å². The molecule has 4 nitrogen and oxygen atoms in total.